The minimum atomic E-state index is -0.232. The van der Waals surface area contributed by atoms with Crippen molar-refractivity contribution in [2.24, 2.45) is 0 Å². The van der Waals surface area contributed by atoms with Gasteiger partial charge in [-0.3, -0.25) is 4.79 Å². The maximum absolute atomic E-state index is 11.4. The van der Waals surface area contributed by atoms with Gasteiger partial charge in [0.05, 0.1) is 7.11 Å². The fraction of sp³-hybridized carbons (Fsp3) is 0.273. The van der Waals surface area contributed by atoms with Crippen LogP contribution < -0.4 is 15.4 Å². The summed E-state index contributed by atoms with van der Waals surface area (Å²) < 4.78 is 5.12. The molecule has 0 aliphatic rings. The van der Waals surface area contributed by atoms with Gasteiger partial charge < -0.3 is 15.4 Å². The Bertz CT molecular complexity index is 391. The molecule has 5 nitrogen and oxygen atoms in total. The number of hydrogen-bond acceptors (Lipinski definition) is 4. The quantitative estimate of drug-likeness (QED) is 0.729. The number of ether oxygens (including phenoxy) is 1. The van der Waals surface area contributed by atoms with Crippen molar-refractivity contribution in [1.82, 2.24) is 10.3 Å². The van der Waals surface area contributed by atoms with Crippen LogP contribution in [0.15, 0.2) is 24.8 Å². The number of carbonyl (C=O) groups excluding carboxylic acids is 1. The minimum absolute atomic E-state index is 0.232. The minimum Gasteiger partial charge on any atom is -0.493 e. The van der Waals surface area contributed by atoms with Gasteiger partial charge in [0.15, 0.2) is 11.6 Å². The lowest BCUT2D eigenvalue weighted by atomic mass is 10.3. The SMILES string of the molecule is C=CCNc1nc(C(=O)NC)ccc1OC. The fourth-order valence-corrected chi connectivity index (χ4v) is 1.16. The number of amides is 1. The lowest BCUT2D eigenvalue weighted by Gasteiger charge is -2.09. The van der Waals surface area contributed by atoms with E-state index in [2.05, 4.69) is 22.2 Å². The molecule has 0 fully saturated rings. The third kappa shape index (κ3) is 2.73. The van der Waals surface area contributed by atoms with E-state index in [0.717, 1.165) is 0 Å². The molecule has 0 unspecified atom stereocenters. The Kier molecular flexibility index (Phi) is 4.32. The molecule has 1 aromatic rings. The summed E-state index contributed by atoms with van der Waals surface area (Å²) in [4.78, 5) is 15.5. The first-order valence-corrected chi connectivity index (χ1v) is 4.84. The highest BCUT2D eigenvalue weighted by Crippen LogP contribution is 2.21. The number of nitrogens with one attached hydrogen (secondary N) is 2. The van der Waals surface area contributed by atoms with Gasteiger partial charge in [-0.15, -0.1) is 6.58 Å². The second-order valence-corrected chi connectivity index (χ2v) is 3.00. The van der Waals surface area contributed by atoms with E-state index < -0.39 is 0 Å². The standard InChI is InChI=1S/C11H15N3O2/c1-4-7-13-10-9(16-3)6-5-8(14-10)11(15)12-2/h4-6H,1,7H2,2-3H3,(H,12,15)(H,13,14). The van der Waals surface area contributed by atoms with Crippen molar-refractivity contribution in [3.63, 3.8) is 0 Å². The van der Waals surface area contributed by atoms with Gasteiger partial charge >= 0.3 is 0 Å². The van der Waals surface area contributed by atoms with Crippen molar-refractivity contribution >= 4 is 11.7 Å². The monoisotopic (exact) mass is 221 g/mol. The molecule has 0 saturated heterocycles. The summed E-state index contributed by atoms with van der Waals surface area (Å²) in [6, 6.07) is 3.31. The van der Waals surface area contributed by atoms with E-state index in [9.17, 15) is 4.79 Å². The molecule has 0 radical (unpaired) electrons. The van der Waals surface area contributed by atoms with E-state index in [1.165, 1.54) is 0 Å². The molecule has 0 aromatic carbocycles. The number of carbonyl (C=O) groups is 1. The van der Waals surface area contributed by atoms with Gasteiger partial charge in [0, 0.05) is 13.6 Å². The van der Waals surface area contributed by atoms with Crippen molar-refractivity contribution in [1.29, 1.82) is 0 Å². The first-order valence-electron chi connectivity index (χ1n) is 4.84. The molecular formula is C11H15N3O2. The summed E-state index contributed by atoms with van der Waals surface area (Å²) in [5.74, 6) is 0.891. The second-order valence-electron chi connectivity index (χ2n) is 3.00. The molecule has 16 heavy (non-hydrogen) atoms. The van der Waals surface area contributed by atoms with Crippen LogP contribution >= 0.6 is 0 Å². The predicted molar refractivity (Wildman–Crippen MR) is 62.9 cm³/mol. The number of hydrogen-bond donors (Lipinski definition) is 2. The van der Waals surface area contributed by atoms with Crippen LogP contribution in [0.25, 0.3) is 0 Å². The summed E-state index contributed by atoms with van der Waals surface area (Å²) in [7, 11) is 3.11. The van der Waals surface area contributed by atoms with Crippen LogP contribution in [-0.4, -0.2) is 31.6 Å². The fourth-order valence-electron chi connectivity index (χ4n) is 1.16. The van der Waals surface area contributed by atoms with Crippen molar-refractivity contribution in [2.45, 2.75) is 0 Å². The van der Waals surface area contributed by atoms with Gasteiger partial charge in [-0.25, -0.2) is 4.98 Å². The highest BCUT2D eigenvalue weighted by atomic mass is 16.5. The molecule has 1 heterocycles. The Hall–Kier alpha value is -2.04. The molecule has 86 valence electrons. The average Bonchev–Trinajstić information content (AvgIpc) is 2.34. The Balaban J connectivity index is 3.00. The zero-order chi connectivity index (χ0) is 12.0. The molecule has 2 N–H and O–H groups in total. The Morgan fingerprint density at radius 3 is 2.94 bits per heavy atom. The lowest BCUT2D eigenvalue weighted by molar-refractivity contribution is 0.0958. The topological polar surface area (TPSA) is 63.2 Å². The Morgan fingerprint density at radius 1 is 1.62 bits per heavy atom. The van der Waals surface area contributed by atoms with Crippen LogP contribution in [0.1, 0.15) is 10.5 Å². The molecular weight excluding hydrogens is 206 g/mol. The number of methoxy groups -OCH3 is 1. The number of rotatable bonds is 5. The predicted octanol–water partition coefficient (Wildman–Crippen LogP) is 1.05. The summed E-state index contributed by atoms with van der Waals surface area (Å²) in [6.07, 6.45) is 1.70. The second kappa shape index (κ2) is 5.75. The zero-order valence-electron chi connectivity index (χ0n) is 9.41. The number of aromatic nitrogens is 1. The molecule has 1 amide bonds. The summed E-state index contributed by atoms with van der Waals surface area (Å²) in [5, 5.41) is 5.51. The molecule has 5 heteroatoms. The molecule has 1 rings (SSSR count). The van der Waals surface area contributed by atoms with Gasteiger partial charge in [-0.05, 0) is 12.1 Å². The first kappa shape index (κ1) is 12.0. The Labute approximate surface area is 94.5 Å². The first-order chi connectivity index (χ1) is 7.72. The van der Waals surface area contributed by atoms with E-state index in [1.54, 1.807) is 32.4 Å². The number of pyridine rings is 1. The van der Waals surface area contributed by atoms with Crippen LogP contribution in [0.4, 0.5) is 5.82 Å². The number of anilines is 1. The van der Waals surface area contributed by atoms with E-state index in [1.807, 2.05) is 0 Å². The van der Waals surface area contributed by atoms with Gasteiger partial charge in [0.1, 0.15) is 5.69 Å². The van der Waals surface area contributed by atoms with E-state index in [0.29, 0.717) is 23.8 Å². The van der Waals surface area contributed by atoms with Crippen molar-refractivity contribution < 1.29 is 9.53 Å². The largest absolute Gasteiger partial charge is 0.493 e. The van der Waals surface area contributed by atoms with E-state index in [4.69, 9.17) is 4.74 Å². The van der Waals surface area contributed by atoms with Crippen molar-refractivity contribution in [2.75, 3.05) is 26.0 Å². The van der Waals surface area contributed by atoms with Crippen LogP contribution in [0.5, 0.6) is 5.75 Å². The molecule has 0 aliphatic heterocycles. The summed E-state index contributed by atoms with van der Waals surface area (Å²) >= 11 is 0. The highest BCUT2D eigenvalue weighted by molar-refractivity contribution is 5.92. The van der Waals surface area contributed by atoms with E-state index >= 15 is 0 Å². The van der Waals surface area contributed by atoms with Crippen LogP contribution in [0, 0.1) is 0 Å². The third-order valence-electron chi connectivity index (χ3n) is 1.95. The smallest absolute Gasteiger partial charge is 0.269 e. The maximum atomic E-state index is 11.4. The highest BCUT2D eigenvalue weighted by Gasteiger charge is 2.09. The van der Waals surface area contributed by atoms with Gasteiger partial charge in [0.25, 0.3) is 5.91 Å². The third-order valence-corrected chi connectivity index (χ3v) is 1.95. The van der Waals surface area contributed by atoms with Gasteiger partial charge in [0.2, 0.25) is 0 Å². The average molecular weight is 221 g/mol. The maximum Gasteiger partial charge on any atom is 0.269 e. The summed E-state index contributed by atoms with van der Waals surface area (Å²) in [5.41, 5.74) is 0.342. The molecule has 1 aromatic heterocycles. The normalized spacial score (nSPS) is 9.38. The molecule has 0 atom stereocenters. The molecule has 0 saturated carbocycles. The van der Waals surface area contributed by atoms with Crippen LogP contribution in [0.2, 0.25) is 0 Å². The van der Waals surface area contributed by atoms with Gasteiger partial charge in [-0.1, -0.05) is 6.08 Å². The van der Waals surface area contributed by atoms with Gasteiger partial charge in [-0.2, -0.15) is 0 Å². The molecule has 0 aliphatic carbocycles. The Morgan fingerprint density at radius 2 is 2.38 bits per heavy atom. The molecule has 0 spiro atoms. The number of nitrogens with zero attached hydrogens (tertiary/aromatic N) is 1. The molecule has 0 bridgehead atoms. The lowest BCUT2D eigenvalue weighted by Crippen LogP contribution is -2.19. The van der Waals surface area contributed by atoms with Crippen molar-refractivity contribution in [3.8, 4) is 5.75 Å². The zero-order valence-corrected chi connectivity index (χ0v) is 9.41. The van der Waals surface area contributed by atoms with Crippen molar-refractivity contribution in [3.05, 3.63) is 30.5 Å². The van der Waals surface area contributed by atoms with E-state index in [-0.39, 0.29) is 5.91 Å². The summed E-state index contributed by atoms with van der Waals surface area (Å²) in [6.45, 7) is 4.15. The van der Waals surface area contributed by atoms with Crippen LogP contribution in [-0.2, 0) is 0 Å². The van der Waals surface area contributed by atoms with Crippen LogP contribution in [0.3, 0.4) is 0 Å².